The standard InChI is InChI=1S/C12H11ClN2O2/c1-8-15-11(7-17-8)12(16)14-6-9-4-2-3-5-10(9)13/h2-5,7H,6H2,1H3,(H,14,16). The number of rotatable bonds is 3. The molecule has 0 saturated heterocycles. The van der Waals surface area contributed by atoms with Crippen LogP contribution in [0.4, 0.5) is 0 Å². The van der Waals surface area contributed by atoms with Crippen LogP contribution < -0.4 is 5.32 Å². The number of benzene rings is 1. The minimum absolute atomic E-state index is 0.273. The third-order valence-electron chi connectivity index (χ3n) is 2.25. The molecular formula is C12H11ClN2O2. The summed E-state index contributed by atoms with van der Waals surface area (Å²) in [6.45, 7) is 2.05. The maximum absolute atomic E-state index is 11.7. The predicted molar refractivity (Wildman–Crippen MR) is 63.9 cm³/mol. The van der Waals surface area contributed by atoms with Crippen LogP contribution in [-0.4, -0.2) is 10.9 Å². The summed E-state index contributed by atoms with van der Waals surface area (Å²) in [5.41, 5.74) is 1.14. The SMILES string of the molecule is Cc1nc(C(=O)NCc2ccccc2Cl)co1. The van der Waals surface area contributed by atoms with Crippen molar-refractivity contribution in [3.8, 4) is 0 Å². The van der Waals surface area contributed by atoms with E-state index in [1.165, 1.54) is 6.26 Å². The summed E-state index contributed by atoms with van der Waals surface area (Å²) in [5.74, 6) is 0.190. The molecule has 1 heterocycles. The Labute approximate surface area is 104 Å². The lowest BCUT2D eigenvalue weighted by Crippen LogP contribution is -2.23. The van der Waals surface area contributed by atoms with E-state index in [0.29, 0.717) is 17.5 Å². The van der Waals surface area contributed by atoms with E-state index in [1.54, 1.807) is 13.0 Å². The van der Waals surface area contributed by atoms with Crippen LogP contribution in [0.25, 0.3) is 0 Å². The zero-order valence-corrected chi connectivity index (χ0v) is 9.99. The zero-order valence-electron chi connectivity index (χ0n) is 9.24. The first kappa shape index (κ1) is 11.7. The molecule has 0 aliphatic carbocycles. The van der Waals surface area contributed by atoms with Crippen LogP contribution in [0.15, 0.2) is 34.9 Å². The topological polar surface area (TPSA) is 55.1 Å². The van der Waals surface area contributed by atoms with Crippen molar-refractivity contribution < 1.29 is 9.21 Å². The number of amides is 1. The van der Waals surface area contributed by atoms with Gasteiger partial charge >= 0.3 is 0 Å². The van der Waals surface area contributed by atoms with Gasteiger partial charge in [-0.15, -0.1) is 0 Å². The zero-order chi connectivity index (χ0) is 12.3. The molecule has 0 aliphatic rings. The fraction of sp³-hybridized carbons (Fsp3) is 0.167. The number of carbonyl (C=O) groups excluding carboxylic acids is 1. The highest BCUT2D eigenvalue weighted by Crippen LogP contribution is 2.14. The lowest BCUT2D eigenvalue weighted by atomic mass is 10.2. The Kier molecular flexibility index (Phi) is 3.44. The van der Waals surface area contributed by atoms with Crippen LogP contribution >= 0.6 is 11.6 Å². The summed E-state index contributed by atoms with van der Waals surface area (Å²) >= 11 is 5.97. The Hall–Kier alpha value is -1.81. The molecule has 0 spiro atoms. The predicted octanol–water partition coefficient (Wildman–Crippen LogP) is 2.57. The van der Waals surface area contributed by atoms with E-state index >= 15 is 0 Å². The molecule has 0 unspecified atom stereocenters. The quantitative estimate of drug-likeness (QED) is 0.911. The van der Waals surface area contributed by atoms with Crippen molar-refractivity contribution in [3.05, 3.63) is 52.7 Å². The molecule has 1 aromatic carbocycles. The summed E-state index contributed by atoms with van der Waals surface area (Å²) < 4.78 is 4.96. The molecule has 1 aromatic heterocycles. The van der Waals surface area contributed by atoms with Gasteiger partial charge in [-0.3, -0.25) is 4.79 Å². The second-order valence-electron chi connectivity index (χ2n) is 3.53. The molecule has 17 heavy (non-hydrogen) atoms. The number of oxazole rings is 1. The first-order valence-corrected chi connectivity index (χ1v) is 5.48. The van der Waals surface area contributed by atoms with Gasteiger partial charge in [-0.1, -0.05) is 29.8 Å². The average Bonchev–Trinajstić information content (AvgIpc) is 2.74. The Morgan fingerprint density at radius 3 is 2.88 bits per heavy atom. The largest absolute Gasteiger partial charge is 0.448 e. The molecule has 1 amide bonds. The molecule has 4 nitrogen and oxygen atoms in total. The van der Waals surface area contributed by atoms with E-state index in [2.05, 4.69) is 10.3 Å². The van der Waals surface area contributed by atoms with Crippen molar-refractivity contribution in [3.63, 3.8) is 0 Å². The summed E-state index contributed by atoms with van der Waals surface area (Å²) in [6.07, 6.45) is 1.33. The number of halogens is 1. The average molecular weight is 251 g/mol. The second kappa shape index (κ2) is 5.01. The van der Waals surface area contributed by atoms with Crippen molar-refractivity contribution in [1.29, 1.82) is 0 Å². The van der Waals surface area contributed by atoms with Crippen molar-refractivity contribution >= 4 is 17.5 Å². The van der Waals surface area contributed by atoms with Gasteiger partial charge in [0.25, 0.3) is 5.91 Å². The first-order chi connectivity index (χ1) is 8.16. The molecule has 0 radical (unpaired) electrons. The summed E-state index contributed by atoms with van der Waals surface area (Å²) in [5, 5.41) is 3.35. The van der Waals surface area contributed by atoms with Gasteiger partial charge in [0.05, 0.1) is 0 Å². The van der Waals surface area contributed by atoms with Crippen LogP contribution in [0, 0.1) is 6.92 Å². The van der Waals surface area contributed by atoms with Crippen LogP contribution in [0.3, 0.4) is 0 Å². The minimum atomic E-state index is -0.276. The van der Waals surface area contributed by atoms with E-state index < -0.39 is 0 Å². The molecule has 0 saturated carbocycles. The van der Waals surface area contributed by atoms with E-state index in [4.69, 9.17) is 16.0 Å². The fourth-order valence-electron chi connectivity index (χ4n) is 1.38. The van der Waals surface area contributed by atoms with Gasteiger partial charge in [-0.25, -0.2) is 4.98 Å². The van der Waals surface area contributed by atoms with Gasteiger partial charge in [0.15, 0.2) is 11.6 Å². The van der Waals surface area contributed by atoms with Gasteiger partial charge in [-0.05, 0) is 11.6 Å². The molecule has 2 aromatic rings. The minimum Gasteiger partial charge on any atom is -0.448 e. The van der Waals surface area contributed by atoms with Crippen molar-refractivity contribution in [2.45, 2.75) is 13.5 Å². The highest BCUT2D eigenvalue weighted by Gasteiger charge is 2.10. The molecule has 0 aliphatic heterocycles. The smallest absolute Gasteiger partial charge is 0.273 e. The van der Waals surface area contributed by atoms with Crippen LogP contribution in [0.5, 0.6) is 0 Å². The molecule has 5 heteroatoms. The lowest BCUT2D eigenvalue weighted by molar-refractivity contribution is 0.0946. The number of nitrogens with zero attached hydrogens (tertiary/aromatic N) is 1. The monoisotopic (exact) mass is 250 g/mol. The Bertz CT molecular complexity index is 537. The number of carbonyl (C=O) groups is 1. The third-order valence-corrected chi connectivity index (χ3v) is 2.62. The lowest BCUT2D eigenvalue weighted by Gasteiger charge is -2.04. The normalized spacial score (nSPS) is 10.2. The number of aromatic nitrogens is 1. The third kappa shape index (κ3) is 2.85. The van der Waals surface area contributed by atoms with Crippen LogP contribution in [0.1, 0.15) is 21.9 Å². The second-order valence-corrected chi connectivity index (χ2v) is 3.93. The maximum Gasteiger partial charge on any atom is 0.273 e. The Balaban J connectivity index is 1.99. The van der Waals surface area contributed by atoms with E-state index in [9.17, 15) is 4.79 Å². The summed E-state index contributed by atoms with van der Waals surface area (Å²) in [4.78, 5) is 15.6. The molecular weight excluding hydrogens is 240 g/mol. The molecule has 0 bridgehead atoms. The molecule has 1 N–H and O–H groups in total. The first-order valence-electron chi connectivity index (χ1n) is 5.10. The van der Waals surface area contributed by atoms with Crippen molar-refractivity contribution in [1.82, 2.24) is 10.3 Å². The van der Waals surface area contributed by atoms with Crippen LogP contribution in [-0.2, 0) is 6.54 Å². The van der Waals surface area contributed by atoms with Gasteiger partial charge in [0.1, 0.15) is 6.26 Å². The number of hydrogen-bond donors (Lipinski definition) is 1. The van der Waals surface area contributed by atoms with Gasteiger partial charge in [0, 0.05) is 18.5 Å². The van der Waals surface area contributed by atoms with Gasteiger partial charge in [0.2, 0.25) is 0 Å². The molecule has 2 rings (SSSR count). The van der Waals surface area contributed by atoms with E-state index in [-0.39, 0.29) is 11.6 Å². The number of hydrogen-bond acceptors (Lipinski definition) is 3. The fourth-order valence-corrected chi connectivity index (χ4v) is 1.58. The Morgan fingerprint density at radius 1 is 1.47 bits per heavy atom. The molecule has 0 atom stereocenters. The molecule has 88 valence electrons. The highest BCUT2D eigenvalue weighted by atomic mass is 35.5. The van der Waals surface area contributed by atoms with E-state index in [1.807, 2.05) is 18.2 Å². The van der Waals surface area contributed by atoms with Gasteiger partial charge in [-0.2, -0.15) is 0 Å². The van der Waals surface area contributed by atoms with Crippen LogP contribution in [0.2, 0.25) is 5.02 Å². The molecule has 0 fully saturated rings. The number of nitrogens with one attached hydrogen (secondary N) is 1. The van der Waals surface area contributed by atoms with Crippen molar-refractivity contribution in [2.24, 2.45) is 0 Å². The highest BCUT2D eigenvalue weighted by molar-refractivity contribution is 6.31. The maximum atomic E-state index is 11.7. The summed E-state index contributed by atoms with van der Waals surface area (Å²) in [7, 11) is 0. The van der Waals surface area contributed by atoms with Gasteiger partial charge < -0.3 is 9.73 Å². The number of aryl methyl sites for hydroxylation is 1. The van der Waals surface area contributed by atoms with E-state index in [0.717, 1.165) is 5.56 Å². The summed E-state index contributed by atoms with van der Waals surface area (Å²) in [6, 6.07) is 7.35. The Morgan fingerprint density at radius 2 is 2.24 bits per heavy atom. The van der Waals surface area contributed by atoms with Crippen molar-refractivity contribution in [2.75, 3.05) is 0 Å².